The predicted octanol–water partition coefficient (Wildman–Crippen LogP) is 2.81. The maximum absolute atomic E-state index is 14.9. The van der Waals surface area contributed by atoms with Crippen LogP contribution in [0.2, 0.25) is 0 Å². The van der Waals surface area contributed by atoms with Crippen LogP contribution in [0.5, 0.6) is 0 Å². The molecule has 3 rings (SSSR count). The number of carbonyl (C=O) groups excluding carboxylic acids is 2. The van der Waals surface area contributed by atoms with Gasteiger partial charge in [0.15, 0.2) is 0 Å². The van der Waals surface area contributed by atoms with Crippen molar-refractivity contribution in [3.05, 3.63) is 36.2 Å². The summed E-state index contributed by atoms with van der Waals surface area (Å²) in [7, 11) is 0. The van der Waals surface area contributed by atoms with E-state index in [-0.39, 0.29) is 36.8 Å². The number of rotatable bonds is 5. The average molecular weight is 375 g/mol. The van der Waals surface area contributed by atoms with E-state index >= 15 is 0 Å². The van der Waals surface area contributed by atoms with Crippen molar-refractivity contribution in [2.24, 2.45) is 11.8 Å². The van der Waals surface area contributed by atoms with Crippen molar-refractivity contribution in [1.29, 1.82) is 0 Å². The number of likely N-dealkylation sites (tertiary alicyclic amines) is 1. The van der Waals surface area contributed by atoms with Gasteiger partial charge in [-0.2, -0.15) is 0 Å². The molecule has 1 saturated carbocycles. The van der Waals surface area contributed by atoms with Crippen molar-refractivity contribution in [2.75, 3.05) is 19.6 Å². The highest BCUT2D eigenvalue weighted by Crippen LogP contribution is 2.60. The predicted molar refractivity (Wildman–Crippen MR) is 99.5 cm³/mol. The molecule has 7 heteroatoms. The molecule has 0 bridgehead atoms. The Balaban J connectivity index is 1.39. The molecule has 27 heavy (non-hydrogen) atoms. The van der Waals surface area contributed by atoms with Crippen molar-refractivity contribution in [2.45, 2.75) is 38.5 Å². The number of hydrogen-bond donors (Lipinski definition) is 1. The van der Waals surface area contributed by atoms with E-state index in [0.29, 0.717) is 13.1 Å². The van der Waals surface area contributed by atoms with Gasteiger partial charge in [-0.15, -0.1) is 0 Å². The number of pyridine rings is 1. The van der Waals surface area contributed by atoms with Crippen LogP contribution in [-0.2, 0) is 9.53 Å². The maximum Gasteiger partial charge on any atom is 0.410 e. The number of piperidine rings is 1. The minimum atomic E-state index is -1.29. The molecule has 1 saturated heterocycles. The molecule has 2 aliphatic rings. The van der Waals surface area contributed by atoms with Crippen LogP contribution in [0.3, 0.4) is 0 Å². The molecule has 1 N–H and O–H groups in total. The molecule has 1 aromatic rings. The molecule has 2 heterocycles. The first-order chi connectivity index (χ1) is 12.7. The summed E-state index contributed by atoms with van der Waals surface area (Å²) in [6.07, 6.45) is 6.27. The monoisotopic (exact) mass is 375 g/mol. The number of amides is 2. The summed E-state index contributed by atoms with van der Waals surface area (Å²) < 4.78 is 20.3. The van der Waals surface area contributed by atoms with Crippen molar-refractivity contribution < 1.29 is 18.7 Å². The smallest absolute Gasteiger partial charge is 0.410 e. The molecule has 2 fully saturated rings. The zero-order chi connectivity index (χ0) is 19.7. The molecule has 1 aliphatic carbocycles. The molecule has 1 aromatic heterocycles. The summed E-state index contributed by atoms with van der Waals surface area (Å²) in [4.78, 5) is 29.4. The number of fused-ring (bicyclic) bond motifs is 1. The molecular weight excluding hydrogens is 349 g/mol. The zero-order valence-electron chi connectivity index (χ0n) is 15.9. The molecule has 0 radical (unpaired) electrons. The lowest BCUT2D eigenvalue weighted by Crippen LogP contribution is -2.39. The summed E-state index contributed by atoms with van der Waals surface area (Å²) in [5.74, 6) is -0.579. The standard InChI is InChI=1S/C20H26FN3O3/c1-19(2,3)27-18(26)24-12-15-16(13-24)20(15,21)8-10-23-17(25)7-6-14-5-4-9-22-11-14/h4-7,9,11,15-16H,8,10,12-13H2,1-3H3,(H,23,25)/b7-6+/t15-,16+,20-. The molecule has 146 valence electrons. The van der Waals surface area contributed by atoms with Crippen molar-refractivity contribution in [3.63, 3.8) is 0 Å². The van der Waals surface area contributed by atoms with Crippen LogP contribution in [0, 0.1) is 11.8 Å². The molecule has 0 unspecified atom stereocenters. The number of aromatic nitrogens is 1. The molecule has 0 spiro atoms. The van der Waals surface area contributed by atoms with E-state index in [1.807, 2.05) is 26.8 Å². The second-order valence-corrected chi connectivity index (χ2v) is 8.19. The quantitative estimate of drug-likeness (QED) is 0.804. The molecule has 0 aromatic carbocycles. The minimum absolute atomic E-state index is 0.159. The van der Waals surface area contributed by atoms with E-state index in [9.17, 15) is 14.0 Å². The fraction of sp³-hybridized carbons (Fsp3) is 0.550. The van der Waals surface area contributed by atoms with Crippen LogP contribution < -0.4 is 5.32 Å². The Bertz CT molecular complexity index is 718. The second kappa shape index (κ2) is 7.29. The lowest BCUT2D eigenvalue weighted by molar-refractivity contribution is -0.116. The summed E-state index contributed by atoms with van der Waals surface area (Å²) >= 11 is 0. The third kappa shape index (κ3) is 4.64. The van der Waals surface area contributed by atoms with Gasteiger partial charge in [-0.1, -0.05) is 6.07 Å². The first-order valence-electron chi connectivity index (χ1n) is 9.22. The van der Waals surface area contributed by atoms with E-state index in [0.717, 1.165) is 5.56 Å². The van der Waals surface area contributed by atoms with Crippen LogP contribution in [0.15, 0.2) is 30.6 Å². The fourth-order valence-corrected chi connectivity index (χ4v) is 3.60. The number of nitrogens with one attached hydrogen (secondary N) is 1. The topological polar surface area (TPSA) is 71.5 Å². The Morgan fingerprint density at radius 2 is 2.11 bits per heavy atom. The Morgan fingerprint density at radius 3 is 2.70 bits per heavy atom. The van der Waals surface area contributed by atoms with Gasteiger partial charge in [-0.3, -0.25) is 9.78 Å². The summed E-state index contributed by atoms with van der Waals surface area (Å²) in [5.41, 5.74) is -1.02. The Hall–Kier alpha value is -2.44. The highest BCUT2D eigenvalue weighted by molar-refractivity contribution is 5.91. The van der Waals surface area contributed by atoms with Crippen LogP contribution in [-0.4, -0.2) is 52.8 Å². The lowest BCUT2D eigenvalue weighted by Gasteiger charge is -2.26. The molecule has 2 amide bonds. The van der Waals surface area contributed by atoms with Crippen molar-refractivity contribution in [1.82, 2.24) is 15.2 Å². The minimum Gasteiger partial charge on any atom is -0.444 e. The van der Waals surface area contributed by atoms with Crippen LogP contribution in [0.4, 0.5) is 9.18 Å². The number of halogens is 1. The van der Waals surface area contributed by atoms with Gasteiger partial charge in [-0.25, -0.2) is 9.18 Å². The molecule has 6 nitrogen and oxygen atoms in total. The number of nitrogens with zero attached hydrogens (tertiary/aromatic N) is 2. The maximum atomic E-state index is 14.9. The summed E-state index contributed by atoms with van der Waals surface area (Å²) in [6, 6.07) is 3.63. The Labute approximate surface area is 158 Å². The van der Waals surface area contributed by atoms with Crippen LogP contribution in [0.1, 0.15) is 32.8 Å². The number of alkyl halides is 1. The van der Waals surface area contributed by atoms with E-state index < -0.39 is 11.3 Å². The van der Waals surface area contributed by atoms with E-state index in [4.69, 9.17) is 4.74 Å². The van der Waals surface area contributed by atoms with Crippen molar-refractivity contribution >= 4 is 18.1 Å². The molecule has 1 aliphatic heterocycles. The molecular formula is C20H26FN3O3. The number of carbonyl (C=O) groups is 2. The van der Waals surface area contributed by atoms with E-state index in [1.165, 1.54) is 6.08 Å². The first-order valence-corrected chi connectivity index (χ1v) is 9.22. The Morgan fingerprint density at radius 1 is 1.41 bits per heavy atom. The lowest BCUT2D eigenvalue weighted by atomic mass is 10.1. The SMILES string of the molecule is CC(C)(C)OC(=O)N1C[C@@H]2[C@H](C1)[C@@]2(F)CCNC(=O)/C=C/c1cccnc1. The van der Waals surface area contributed by atoms with Gasteiger partial charge < -0.3 is 15.0 Å². The van der Waals surface area contributed by atoms with Crippen LogP contribution in [0.25, 0.3) is 6.08 Å². The normalized spacial score (nSPS) is 26.7. The van der Waals surface area contributed by atoms with Gasteiger partial charge >= 0.3 is 6.09 Å². The first kappa shape index (κ1) is 19.3. The summed E-state index contributed by atoms with van der Waals surface area (Å²) in [5, 5.41) is 2.71. The summed E-state index contributed by atoms with van der Waals surface area (Å²) in [6.45, 7) is 6.47. The van der Waals surface area contributed by atoms with Gasteiger partial charge in [0.05, 0.1) is 0 Å². The fourth-order valence-electron chi connectivity index (χ4n) is 3.60. The third-order valence-corrected chi connectivity index (χ3v) is 5.01. The molecule has 3 atom stereocenters. The second-order valence-electron chi connectivity index (χ2n) is 8.19. The zero-order valence-corrected chi connectivity index (χ0v) is 15.9. The van der Waals surface area contributed by atoms with E-state index in [2.05, 4.69) is 10.3 Å². The largest absolute Gasteiger partial charge is 0.444 e. The Kier molecular flexibility index (Phi) is 5.22. The number of hydrogen-bond acceptors (Lipinski definition) is 4. The van der Waals surface area contributed by atoms with Gasteiger partial charge in [0.2, 0.25) is 5.91 Å². The van der Waals surface area contributed by atoms with Gasteiger partial charge in [0.25, 0.3) is 0 Å². The van der Waals surface area contributed by atoms with Crippen LogP contribution >= 0.6 is 0 Å². The van der Waals surface area contributed by atoms with Gasteiger partial charge in [0, 0.05) is 49.9 Å². The highest BCUT2D eigenvalue weighted by atomic mass is 19.1. The average Bonchev–Trinajstić information content (AvgIpc) is 2.96. The third-order valence-electron chi connectivity index (χ3n) is 5.01. The van der Waals surface area contributed by atoms with Gasteiger partial charge in [0.1, 0.15) is 11.3 Å². The highest BCUT2D eigenvalue weighted by Gasteiger charge is 2.69. The van der Waals surface area contributed by atoms with Crippen molar-refractivity contribution in [3.8, 4) is 0 Å². The number of ether oxygens (including phenoxy) is 1. The van der Waals surface area contributed by atoms with Gasteiger partial charge in [-0.05, 0) is 44.9 Å². The van der Waals surface area contributed by atoms with E-state index in [1.54, 1.807) is 29.4 Å².